The van der Waals surface area contributed by atoms with Crippen molar-refractivity contribution in [1.82, 2.24) is 0 Å². The van der Waals surface area contributed by atoms with Gasteiger partial charge in [-0.2, -0.15) is 13.2 Å². The summed E-state index contributed by atoms with van der Waals surface area (Å²) in [6.07, 6.45) is -2.82. The fraction of sp³-hybridized carbons (Fsp3) is 0.364. The Kier molecular flexibility index (Phi) is 2.40. The molecule has 1 fully saturated rings. The molecule has 0 spiro atoms. The van der Waals surface area contributed by atoms with E-state index < -0.39 is 17.7 Å². The van der Waals surface area contributed by atoms with Gasteiger partial charge in [0.2, 0.25) is 0 Å². The van der Waals surface area contributed by atoms with Gasteiger partial charge in [-0.15, -0.1) is 0 Å². The molecule has 86 valence electrons. The average Bonchev–Trinajstić information content (AvgIpc) is 2.98. The Morgan fingerprint density at radius 1 is 1.25 bits per heavy atom. The van der Waals surface area contributed by atoms with Crippen molar-refractivity contribution in [2.24, 2.45) is 0 Å². The van der Waals surface area contributed by atoms with E-state index in [1.807, 2.05) is 0 Å². The Balaban J connectivity index is 2.48. The van der Waals surface area contributed by atoms with Crippen molar-refractivity contribution in [2.75, 3.05) is 0 Å². The third-order valence-corrected chi connectivity index (χ3v) is 2.58. The Hall–Kier alpha value is -1.52. The SMILES string of the molecule is O=C(O)c1cc(C2CC2)cc(C(F)(F)F)c1. The van der Waals surface area contributed by atoms with E-state index >= 15 is 0 Å². The van der Waals surface area contributed by atoms with Gasteiger partial charge in [-0.25, -0.2) is 4.79 Å². The molecular formula is C11H9F3O2. The number of halogens is 3. The molecule has 1 aliphatic rings. The lowest BCUT2D eigenvalue weighted by Crippen LogP contribution is -2.08. The van der Waals surface area contributed by atoms with Gasteiger partial charge >= 0.3 is 12.1 Å². The number of carboxylic acids is 1. The quantitative estimate of drug-likeness (QED) is 0.846. The second-order valence-corrected chi connectivity index (χ2v) is 3.92. The first-order valence-electron chi connectivity index (χ1n) is 4.83. The summed E-state index contributed by atoms with van der Waals surface area (Å²) in [5.41, 5.74) is -0.696. The molecule has 1 saturated carbocycles. The number of benzene rings is 1. The average molecular weight is 230 g/mol. The highest BCUT2D eigenvalue weighted by atomic mass is 19.4. The maximum Gasteiger partial charge on any atom is 0.416 e. The summed E-state index contributed by atoms with van der Waals surface area (Å²) in [6.45, 7) is 0. The molecule has 0 radical (unpaired) electrons. The number of hydrogen-bond donors (Lipinski definition) is 1. The largest absolute Gasteiger partial charge is 0.478 e. The highest BCUT2D eigenvalue weighted by Crippen LogP contribution is 2.42. The maximum absolute atomic E-state index is 12.5. The molecule has 16 heavy (non-hydrogen) atoms. The molecule has 0 bridgehead atoms. The van der Waals surface area contributed by atoms with Crippen molar-refractivity contribution in [3.8, 4) is 0 Å². The molecule has 5 heteroatoms. The number of aromatic carboxylic acids is 1. The molecule has 2 nitrogen and oxygen atoms in total. The predicted molar refractivity (Wildman–Crippen MR) is 50.4 cm³/mol. The van der Waals surface area contributed by atoms with Gasteiger partial charge in [-0.1, -0.05) is 0 Å². The Morgan fingerprint density at radius 3 is 2.31 bits per heavy atom. The number of alkyl halides is 3. The van der Waals surface area contributed by atoms with Gasteiger partial charge in [-0.3, -0.25) is 0 Å². The van der Waals surface area contributed by atoms with Gasteiger partial charge in [0.1, 0.15) is 0 Å². The van der Waals surface area contributed by atoms with E-state index in [1.54, 1.807) is 0 Å². The molecule has 0 unspecified atom stereocenters. The first-order chi connectivity index (χ1) is 7.38. The molecule has 0 aromatic heterocycles. The molecule has 1 N–H and O–H groups in total. The smallest absolute Gasteiger partial charge is 0.416 e. The fourth-order valence-electron chi connectivity index (χ4n) is 1.59. The van der Waals surface area contributed by atoms with Gasteiger partial charge in [0, 0.05) is 0 Å². The van der Waals surface area contributed by atoms with Crippen LogP contribution in [0.2, 0.25) is 0 Å². The van der Waals surface area contributed by atoms with Crippen LogP contribution in [0.4, 0.5) is 13.2 Å². The van der Waals surface area contributed by atoms with Gasteiger partial charge in [-0.05, 0) is 42.5 Å². The summed E-state index contributed by atoms with van der Waals surface area (Å²) in [5.74, 6) is -1.23. The van der Waals surface area contributed by atoms with Gasteiger partial charge in [0.05, 0.1) is 11.1 Å². The third-order valence-electron chi connectivity index (χ3n) is 2.58. The Morgan fingerprint density at radius 2 is 1.88 bits per heavy atom. The van der Waals surface area contributed by atoms with Crippen molar-refractivity contribution in [1.29, 1.82) is 0 Å². The van der Waals surface area contributed by atoms with Crippen molar-refractivity contribution in [2.45, 2.75) is 24.9 Å². The molecule has 0 saturated heterocycles. The lowest BCUT2D eigenvalue weighted by molar-refractivity contribution is -0.137. The van der Waals surface area contributed by atoms with Crippen LogP contribution in [-0.2, 0) is 6.18 Å². The number of rotatable bonds is 2. The zero-order chi connectivity index (χ0) is 11.9. The summed E-state index contributed by atoms with van der Waals surface area (Å²) >= 11 is 0. The van der Waals surface area contributed by atoms with Crippen LogP contribution in [0.15, 0.2) is 18.2 Å². The minimum Gasteiger partial charge on any atom is -0.478 e. The van der Waals surface area contributed by atoms with Crippen molar-refractivity contribution >= 4 is 5.97 Å². The van der Waals surface area contributed by atoms with E-state index in [-0.39, 0.29) is 11.5 Å². The fourth-order valence-corrected chi connectivity index (χ4v) is 1.59. The second kappa shape index (κ2) is 3.50. The van der Waals surface area contributed by atoms with Crippen LogP contribution in [-0.4, -0.2) is 11.1 Å². The Labute approximate surface area is 89.7 Å². The molecular weight excluding hydrogens is 221 g/mol. The minimum absolute atomic E-state index is 0.0976. The van der Waals surface area contributed by atoms with E-state index in [0.29, 0.717) is 11.6 Å². The van der Waals surface area contributed by atoms with Crippen LogP contribution in [0.3, 0.4) is 0 Å². The molecule has 1 aliphatic carbocycles. The Bertz CT molecular complexity index is 433. The van der Waals surface area contributed by atoms with Crippen molar-refractivity contribution in [3.63, 3.8) is 0 Å². The summed E-state index contributed by atoms with van der Waals surface area (Å²) in [4.78, 5) is 10.7. The van der Waals surface area contributed by atoms with Gasteiger partial charge in [0.15, 0.2) is 0 Å². The van der Waals surface area contributed by atoms with Crippen LogP contribution in [0, 0.1) is 0 Å². The zero-order valence-electron chi connectivity index (χ0n) is 8.21. The molecule has 0 heterocycles. The van der Waals surface area contributed by atoms with E-state index in [0.717, 1.165) is 18.9 Å². The minimum atomic E-state index is -4.49. The predicted octanol–water partition coefficient (Wildman–Crippen LogP) is 3.28. The van der Waals surface area contributed by atoms with Crippen LogP contribution in [0.5, 0.6) is 0 Å². The summed E-state index contributed by atoms with van der Waals surface area (Å²) in [6, 6.07) is 3.05. The lowest BCUT2D eigenvalue weighted by atomic mass is 10.0. The lowest BCUT2D eigenvalue weighted by Gasteiger charge is -2.10. The number of hydrogen-bond acceptors (Lipinski definition) is 1. The topological polar surface area (TPSA) is 37.3 Å². The molecule has 2 rings (SSSR count). The summed E-state index contributed by atoms with van der Waals surface area (Å²) in [7, 11) is 0. The molecule has 0 atom stereocenters. The van der Waals surface area contributed by atoms with E-state index in [2.05, 4.69) is 0 Å². The van der Waals surface area contributed by atoms with Crippen molar-refractivity contribution < 1.29 is 23.1 Å². The van der Waals surface area contributed by atoms with Crippen molar-refractivity contribution in [3.05, 3.63) is 34.9 Å². The van der Waals surface area contributed by atoms with E-state index in [1.165, 1.54) is 6.07 Å². The van der Waals surface area contributed by atoms with Crippen LogP contribution in [0.25, 0.3) is 0 Å². The van der Waals surface area contributed by atoms with Gasteiger partial charge < -0.3 is 5.11 Å². The third kappa shape index (κ3) is 2.18. The highest BCUT2D eigenvalue weighted by Gasteiger charge is 2.34. The van der Waals surface area contributed by atoms with E-state index in [4.69, 9.17) is 5.11 Å². The van der Waals surface area contributed by atoms with Crippen LogP contribution >= 0.6 is 0 Å². The van der Waals surface area contributed by atoms with E-state index in [9.17, 15) is 18.0 Å². The van der Waals surface area contributed by atoms with Crippen LogP contribution < -0.4 is 0 Å². The number of carbonyl (C=O) groups is 1. The molecule has 0 amide bonds. The molecule has 1 aromatic rings. The highest BCUT2D eigenvalue weighted by molar-refractivity contribution is 5.88. The first kappa shape index (κ1) is 11.0. The van der Waals surface area contributed by atoms with Crippen LogP contribution in [0.1, 0.15) is 40.2 Å². The molecule has 1 aromatic carbocycles. The van der Waals surface area contributed by atoms with Gasteiger partial charge in [0.25, 0.3) is 0 Å². The maximum atomic E-state index is 12.5. The second-order valence-electron chi connectivity index (χ2n) is 3.92. The summed E-state index contributed by atoms with van der Waals surface area (Å²) in [5, 5.41) is 8.73. The first-order valence-corrected chi connectivity index (χ1v) is 4.83. The normalized spacial score (nSPS) is 16.2. The standard InChI is InChI=1S/C11H9F3O2/c12-11(13,14)9-4-7(6-1-2-6)3-8(5-9)10(15)16/h3-6H,1-2H2,(H,15,16). The zero-order valence-corrected chi connectivity index (χ0v) is 8.21. The number of carboxylic acid groups (broad SMARTS) is 1. The summed E-state index contributed by atoms with van der Waals surface area (Å²) < 4.78 is 37.5. The monoisotopic (exact) mass is 230 g/mol. The molecule has 0 aliphatic heterocycles.